The molecule has 0 saturated carbocycles. The fourth-order valence-electron chi connectivity index (χ4n) is 5.16. The number of thiocarbonyl (C=S) groups is 1. The van der Waals surface area contributed by atoms with Gasteiger partial charge < -0.3 is 20.7 Å². The molecule has 0 radical (unpaired) electrons. The Balaban J connectivity index is 1.24. The van der Waals surface area contributed by atoms with Crippen LogP contribution in [-0.2, 0) is 17.6 Å². The molecule has 6 nitrogen and oxygen atoms in total. The Morgan fingerprint density at radius 2 is 1.88 bits per heavy atom. The molecule has 214 valence electrons. The van der Waals surface area contributed by atoms with E-state index in [1.54, 1.807) is 18.4 Å². The SMILES string of the molecule is CCC(Sc1cccc(NC(=S)Nc2ccccc2OC)c1)C(=O)Nc1sc2c(c1C#N)CCC(c1ccccc1)C2. The van der Waals surface area contributed by atoms with Crippen LogP contribution in [0.5, 0.6) is 5.75 Å². The highest BCUT2D eigenvalue weighted by Crippen LogP contribution is 2.42. The number of para-hydroxylation sites is 2. The highest BCUT2D eigenvalue weighted by Gasteiger charge is 2.28. The number of carbonyl (C=O) groups excluding carboxylic acids is 1. The van der Waals surface area contributed by atoms with Gasteiger partial charge in [-0.15, -0.1) is 23.1 Å². The molecular weight excluding hydrogens is 581 g/mol. The maximum absolute atomic E-state index is 13.4. The molecule has 1 aliphatic carbocycles. The Labute approximate surface area is 260 Å². The Morgan fingerprint density at radius 1 is 1.10 bits per heavy atom. The summed E-state index contributed by atoms with van der Waals surface area (Å²) in [5.41, 5.74) is 4.64. The van der Waals surface area contributed by atoms with Gasteiger partial charge in [0, 0.05) is 15.5 Å². The van der Waals surface area contributed by atoms with Crippen LogP contribution in [0, 0.1) is 11.3 Å². The van der Waals surface area contributed by atoms with Gasteiger partial charge in [-0.2, -0.15) is 5.26 Å². The highest BCUT2D eigenvalue weighted by molar-refractivity contribution is 8.00. The molecule has 2 atom stereocenters. The van der Waals surface area contributed by atoms with Crippen molar-refractivity contribution in [3.8, 4) is 11.8 Å². The van der Waals surface area contributed by atoms with Crippen molar-refractivity contribution in [3.63, 3.8) is 0 Å². The Kier molecular flexibility index (Phi) is 9.80. The van der Waals surface area contributed by atoms with Crippen molar-refractivity contribution in [2.24, 2.45) is 0 Å². The molecule has 0 bridgehead atoms. The summed E-state index contributed by atoms with van der Waals surface area (Å²) in [6.07, 6.45) is 3.40. The number of ether oxygens (including phenoxy) is 1. The van der Waals surface area contributed by atoms with E-state index < -0.39 is 0 Å². The van der Waals surface area contributed by atoms with Gasteiger partial charge in [0.1, 0.15) is 16.8 Å². The minimum absolute atomic E-state index is 0.0936. The van der Waals surface area contributed by atoms with Gasteiger partial charge in [0.05, 0.1) is 23.6 Å². The molecule has 5 rings (SSSR count). The molecule has 3 aromatic carbocycles. The lowest BCUT2D eigenvalue weighted by Gasteiger charge is -2.22. The van der Waals surface area contributed by atoms with Crippen molar-refractivity contribution in [2.75, 3.05) is 23.1 Å². The molecule has 9 heteroatoms. The predicted octanol–water partition coefficient (Wildman–Crippen LogP) is 8.22. The van der Waals surface area contributed by atoms with Gasteiger partial charge >= 0.3 is 0 Å². The average molecular weight is 613 g/mol. The number of rotatable bonds is 9. The summed E-state index contributed by atoms with van der Waals surface area (Å²) in [6.45, 7) is 2.00. The zero-order chi connectivity index (χ0) is 29.5. The number of amides is 1. The summed E-state index contributed by atoms with van der Waals surface area (Å²) in [5.74, 6) is 1.04. The number of fused-ring (bicyclic) bond motifs is 1. The van der Waals surface area contributed by atoms with Crippen molar-refractivity contribution in [3.05, 3.63) is 100 Å². The summed E-state index contributed by atoms with van der Waals surface area (Å²) in [7, 11) is 1.62. The summed E-state index contributed by atoms with van der Waals surface area (Å²) in [4.78, 5) is 15.6. The largest absolute Gasteiger partial charge is 0.495 e. The molecule has 2 unspecified atom stereocenters. The van der Waals surface area contributed by atoms with Crippen LogP contribution in [0.1, 0.15) is 47.3 Å². The molecular formula is C33H32N4O2S3. The van der Waals surface area contributed by atoms with E-state index >= 15 is 0 Å². The molecule has 1 amide bonds. The van der Waals surface area contributed by atoms with E-state index in [0.717, 1.165) is 41.1 Å². The molecule has 0 saturated heterocycles. The van der Waals surface area contributed by atoms with E-state index in [-0.39, 0.29) is 11.2 Å². The van der Waals surface area contributed by atoms with E-state index in [4.69, 9.17) is 17.0 Å². The Bertz CT molecular complexity index is 1610. The van der Waals surface area contributed by atoms with Gasteiger partial charge in [0.15, 0.2) is 5.11 Å². The Morgan fingerprint density at radius 3 is 2.64 bits per heavy atom. The third-order valence-electron chi connectivity index (χ3n) is 7.27. The molecule has 1 aliphatic rings. The first-order valence-electron chi connectivity index (χ1n) is 13.9. The lowest BCUT2D eigenvalue weighted by Crippen LogP contribution is -2.24. The fourth-order valence-corrected chi connectivity index (χ4v) is 7.68. The molecule has 3 N–H and O–H groups in total. The third kappa shape index (κ3) is 6.96. The zero-order valence-corrected chi connectivity index (χ0v) is 25.9. The molecule has 0 fully saturated rings. The quantitative estimate of drug-likeness (QED) is 0.130. The number of carbonyl (C=O) groups is 1. The maximum atomic E-state index is 13.4. The summed E-state index contributed by atoms with van der Waals surface area (Å²) >= 11 is 8.57. The van der Waals surface area contributed by atoms with Crippen LogP contribution >= 0.6 is 35.3 Å². The standard InChI is InChI=1S/C33H32N4O2S3/c1-3-29(41-24-13-9-12-23(19-24)35-33(40)36-27-14-7-8-15-28(27)39-2)31(38)37-32-26(20-34)25-17-16-22(18-30(25)42-32)21-10-5-4-6-11-21/h4-15,19,22,29H,3,16-18H2,1-2H3,(H,37,38)(H2,35,36,40). The maximum Gasteiger partial charge on any atom is 0.238 e. The number of thioether (sulfide) groups is 1. The van der Waals surface area contributed by atoms with Gasteiger partial charge in [-0.05, 0) is 85.3 Å². The smallest absolute Gasteiger partial charge is 0.238 e. The second kappa shape index (κ2) is 13.9. The number of benzene rings is 3. The van der Waals surface area contributed by atoms with Crippen molar-refractivity contribution >= 4 is 62.7 Å². The zero-order valence-electron chi connectivity index (χ0n) is 23.5. The first kappa shape index (κ1) is 29.6. The van der Waals surface area contributed by atoms with Crippen LogP contribution in [0.3, 0.4) is 0 Å². The number of methoxy groups -OCH3 is 1. The average Bonchev–Trinajstić information content (AvgIpc) is 3.36. The number of thiophene rings is 1. The van der Waals surface area contributed by atoms with E-state index in [2.05, 4.69) is 46.3 Å². The molecule has 0 spiro atoms. The summed E-state index contributed by atoms with van der Waals surface area (Å²) in [5, 5.41) is 20.3. The van der Waals surface area contributed by atoms with Crippen molar-refractivity contribution in [1.82, 2.24) is 0 Å². The second-order valence-electron chi connectivity index (χ2n) is 9.98. The molecule has 4 aromatic rings. The molecule has 1 heterocycles. The van der Waals surface area contributed by atoms with Crippen molar-refractivity contribution < 1.29 is 9.53 Å². The van der Waals surface area contributed by atoms with E-state index in [9.17, 15) is 10.1 Å². The van der Waals surface area contributed by atoms with Crippen molar-refractivity contribution in [2.45, 2.75) is 48.7 Å². The van der Waals surface area contributed by atoms with E-state index in [0.29, 0.717) is 33.8 Å². The normalized spacial score (nSPS) is 14.6. The van der Waals surface area contributed by atoms with Crippen LogP contribution in [0.4, 0.5) is 16.4 Å². The van der Waals surface area contributed by atoms with E-state index in [1.165, 1.54) is 22.2 Å². The van der Waals surface area contributed by atoms with E-state index in [1.807, 2.05) is 61.5 Å². The van der Waals surface area contributed by atoms with Crippen LogP contribution in [0.25, 0.3) is 0 Å². The van der Waals surface area contributed by atoms with Crippen LogP contribution in [-0.4, -0.2) is 23.4 Å². The predicted molar refractivity (Wildman–Crippen MR) is 178 cm³/mol. The van der Waals surface area contributed by atoms with Crippen molar-refractivity contribution in [1.29, 1.82) is 5.26 Å². The number of nitriles is 1. The Hall–Kier alpha value is -3.84. The summed E-state index contributed by atoms with van der Waals surface area (Å²) < 4.78 is 5.39. The second-order valence-corrected chi connectivity index (χ2v) is 12.8. The molecule has 0 aliphatic heterocycles. The minimum atomic E-state index is -0.318. The molecule has 1 aromatic heterocycles. The van der Waals surface area contributed by atoms with Gasteiger partial charge in [-0.1, -0.05) is 55.5 Å². The first-order valence-corrected chi connectivity index (χ1v) is 16.0. The lowest BCUT2D eigenvalue weighted by molar-refractivity contribution is -0.115. The summed E-state index contributed by atoms with van der Waals surface area (Å²) in [6, 6.07) is 28.3. The monoisotopic (exact) mass is 612 g/mol. The van der Waals surface area contributed by atoms with Crippen LogP contribution in [0.2, 0.25) is 0 Å². The van der Waals surface area contributed by atoms with Gasteiger partial charge in [0.2, 0.25) is 5.91 Å². The first-order chi connectivity index (χ1) is 20.5. The minimum Gasteiger partial charge on any atom is -0.495 e. The van der Waals surface area contributed by atoms with Gasteiger partial charge in [-0.25, -0.2) is 0 Å². The number of hydrogen-bond donors (Lipinski definition) is 3. The third-order valence-corrected chi connectivity index (χ3v) is 10.0. The van der Waals surface area contributed by atoms with Crippen LogP contribution < -0.4 is 20.7 Å². The van der Waals surface area contributed by atoms with Gasteiger partial charge in [-0.3, -0.25) is 4.79 Å². The number of anilines is 3. The highest BCUT2D eigenvalue weighted by atomic mass is 32.2. The lowest BCUT2D eigenvalue weighted by atomic mass is 9.83. The molecule has 42 heavy (non-hydrogen) atoms. The number of nitrogens with one attached hydrogen (secondary N) is 3. The van der Waals surface area contributed by atoms with Crippen LogP contribution in [0.15, 0.2) is 83.8 Å². The fraction of sp³-hybridized carbons (Fsp3) is 0.242. The number of nitrogens with zero attached hydrogens (tertiary/aromatic N) is 1. The van der Waals surface area contributed by atoms with Gasteiger partial charge in [0.25, 0.3) is 0 Å². The topological polar surface area (TPSA) is 86.2 Å². The number of hydrogen-bond acceptors (Lipinski definition) is 6.